The second-order valence-corrected chi connectivity index (χ2v) is 7.92. The fraction of sp³-hybridized carbons (Fsp3) is 0.217. The van der Waals surface area contributed by atoms with E-state index in [0.717, 1.165) is 13.1 Å². The van der Waals surface area contributed by atoms with Crippen LogP contribution in [-0.4, -0.2) is 63.1 Å². The smallest absolute Gasteiger partial charge is 0.254 e. The Bertz CT molecular complexity index is 1260. The van der Waals surface area contributed by atoms with Gasteiger partial charge in [-0.25, -0.2) is 9.97 Å². The second kappa shape index (κ2) is 8.40. The first-order chi connectivity index (χ1) is 16.0. The van der Waals surface area contributed by atoms with Gasteiger partial charge in [-0.3, -0.25) is 9.59 Å². The SMILES string of the molecule is O=C1Cc2cnc(Nc3ccc(O)c(O)c3)nc2-c2ccc(C(=O)N3CCNCC3)cc2N1. The van der Waals surface area contributed by atoms with E-state index in [4.69, 9.17) is 0 Å². The van der Waals surface area contributed by atoms with Gasteiger partial charge in [0.1, 0.15) is 0 Å². The number of rotatable bonds is 3. The number of carbonyl (C=O) groups is 2. The van der Waals surface area contributed by atoms with Gasteiger partial charge < -0.3 is 31.1 Å². The van der Waals surface area contributed by atoms with Crippen molar-refractivity contribution in [2.24, 2.45) is 0 Å². The molecule has 5 rings (SSSR count). The number of amides is 2. The van der Waals surface area contributed by atoms with E-state index in [2.05, 4.69) is 25.9 Å². The molecule has 10 nitrogen and oxygen atoms in total. The van der Waals surface area contributed by atoms with Crippen LogP contribution in [0, 0.1) is 0 Å². The normalized spacial score (nSPS) is 15.2. The standard InChI is InChI=1S/C23H22N6O4/c30-18-4-2-15(11-19(18)31)26-23-25-12-14-10-20(32)27-17-9-13(1-3-16(17)21(14)28-23)22(33)29-7-5-24-6-8-29/h1-4,9,11-12,24,30-31H,5-8,10H2,(H,27,32)(H,25,26,28). The van der Waals surface area contributed by atoms with E-state index in [9.17, 15) is 19.8 Å². The zero-order valence-electron chi connectivity index (χ0n) is 17.6. The van der Waals surface area contributed by atoms with E-state index < -0.39 is 0 Å². The van der Waals surface area contributed by atoms with Gasteiger partial charge in [-0.1, -0.05) is 0 Å². The van der Waals surface area contributed by atoms with Crippen molar-refractivity contribution in [2.45, 2.75) is 6.42 Å². The Labute approximate surface area is 189 Å². The number of phenolic OH excluding ortho intramolecular Hbond substituents is 2. The molecule has 2 aromatic carbocycles. The van der Waals surface area contributed by atoms with Gasteiger partial charge in [0.05, 0.1) is 17.8 Å². The molecule has 2 aliphatic rings. The van der Waals surface area contributed by atoms with Crippen molar-refractivity contribution in [1.82, 2.24) is 20.2 Å². The average molecular weight is 446 g/mol. The molecule has 10 heteroatoms. The Morgan fingerprint density at radius 1 is 1.06 bits per heavy atom. The van der Waals surface area contributed by atoms with Crippen molar-refractivity contribution in [1.29, 1.82) is 0 Å². The van der Waals surface area contributed by atoms with Crippen molar-refractivity contribution < 1.29 is 19.8 Å². The van der Waals surface area contributed by atoms with Gasteiger partial charge >= 0.3 is 0 Å². The van der Waals surface area contributed by atoms with Crippen LogP contribution in [0.3, 0.4) is 0 Å². The summed E-state index contributed by atoms with van der Waals surface area (Å²) in [5.74, 6) is -0.519. The topological polar surface area (TPSA) is 140 Å². The molecule has 168 valence electrons. The minimum Gasteiger partial charge on any atom is -0.504 e. The van der Waals surface area contributed by atoms with Crippen molar-refractivity contribution in [3.05, 3.63) is 53.7 Å². The van der Waals surface area contributed by atoms with Gasteiger partial charge in [-0.2, -0.15) is 0 Å². The molecule has 0 atom stereocenters. The fourth-order valence-electron chi connectivity index (χ4n) is 3.96. The molecule has 5 N–H and O–H groups in total. The number of nitrogens with zero attached hydrogens (tertiary/aromatic N) is 3. The number of piperazine rings is 1. The lowest BCUT2D eigenvalue weighted by molar-refractivity contribution is -0.115. The van der Waals surface area contributed by atoms with Crippen LogP contribution in [0.1, 0.15) is 15.9 Å². The molecule has 1 fully saturated rings. The summed E-state index contributed by atoms with van der Waals surface area (Å²) in [4.78, 5) is 36.1. The molecule has 1 aromatic heterocycles. The highest BCUT2D eigenvalue weighted by Gasteiger charge is 2.24. The van der Waals surface area contributed by atoms with Crippen LogP contribution in [-0.2, 0) is 11.2 Å². The Morgan fingerprint density at radius 3 is 2.67 bits per heavy atom. The largest absolute Gasteiger partial charge is 0.504 e. The van der Waals surface area contributed by atoms with Gasteiger partial charge in [0, 0.05) is 60.8 Å². The quantitative estimate of drug-likeness (QED) is 0.303. The minimum absolute atomic E-state index is 0.0739. The number of phenols is 2. The zero-order chi connectivity index (χ0) is 22.9. The predicted molar refractivity (Wildman–Crippen MR) is 122 cm³/mol. The number of carbonyl (C=O) groups excluding carboxylic acids is 2. The first kappa shape index (κ1) is 20.7. The zero-order valence-corrected chi connectivity index (χ0v) is 17.6. The van der Waals surface area contributed by atoms with E-state index >= 15 is 0 Å². The van der Waals surface area contributed by atoms with Gasteiger partial charge in [0.25, 0.3) is 5.91 Å². The van der Waals surface area contributed by atoms with Crippen molar-refractivity contribution in [3.8, 4) is 22.8 Å². The van der Waals surface area contributed by atoms with Gasteiger partial charge in [-0.15, -0.1) is 0 Å². The third kappa shape index (κ3) is 4.15. The summed E-state index contributed by atoms with van der Waals surface area (Å²) < 4.78 is 0. The Hall–Kier alpha value is -4.18. The highest BCUT2D eigenvalue weighted by molar-refractivity contribution is 6.03. The number of hydrogen-bond donors (Lipinski definition) is 5. The van der Waals surface area contributed by atoms with E-state index in [-0.39, 0.29) is 35.7 Å². The molecule has 0 bridgehead atoms. The number of hydrogen-bond acceptors (Lipinski definition) is 8. The van der Waals surface area contributed by atoms with Crippen LogP contribution < -0.4 is 16.0 Å². The monoisotopic (exact) mass is 446 g/mol. The highest BCUT2D eigenvalue weighted by Crippen LogP contribution is 2.35. The fourth-order valence-corrected chi connectivity index (χ4v) is 3.96. The number of anilines is 3. The lowest BCUT2D eigenvalue weighted by Gasteiger charge is -2.27. The van der Waals surface area contributed by atoms with Gasteiger partial charge in [-0.05, 0) is 30.3 Å². The predicted octanol–water partition coefficient (Wildman–Crippen LogP) is 1.84. The molecule has 3 heterocycles. The number of aromatic hydroxyl groups is 2. The molecule has 0 aliphatic carbocycles. The van der Waals surface area contributed by atoms with Crippen LogP contribution in [0.15, 0.2) is 42.6 Å². The molecule has 0 unspecified atom stereocenters. The number of benzene rings is 2. The van der Waals surface area contributed by atoms with Crippen LogP contribution in [0.25, 0.3) is 11.3 Å². The maximum absolute atomic E-state index is 12.9. The lowest BCUT2D eigenvalue weighted by atomic mass is 10.0. The molecule has 2 aliphatic heterocycles. The summed E-state index contributed by atoms with van der Waals surface area (Å²) in [6.07, 6.45) is 1.69. The van der Waals surface area contributed by atoms with Gasteiger partial charge in [0.15, 0.2) is 11.5 Å². The minimum atomic E-state index is -0.267. The number of nitrogens with one attached hydrogen (secondary N) is 3. The van der Waals surface area contributed by atoms with E-state index in [1.165, 1.54) is 12.1 Å². The summed E-state index contributed by atoms with van der Waals surface area (Å²) in [6, 6.07) is 9.53. The number of aromatic nitrogens is 2. The second-order valence-electron chi connectivity index (χ2n) is 7.92. The maximum Gasteiger partial charge on any atom is 0.254 e. The van der Waals surface area contributed by atoms with Crippen molar-refractivity contribution in [2.75, 3.05) is 36.8 Å². The van der Waals surface area contributed by atoms with Crippen LogP contribution >= 0.6 is 0 Å². The first-order valence-electron chi connectivity index (χ1n) is 10.6. The Kier molecular flexibility index (Phi) is 5.27. The molecule has 1 saturated heterocycles. The highest BCUT2D eigenvalue weighted by atomic mass is 16.3. The number of fused-ring (bicyclic) bond motifs is 3. The van der Waals surface area contributed by atoms with Gasteiger partial charge in [0.2, 0.25) is 11.9 Å². The lowest BCUT2D eigenvalue weighted by Crippen LogP contribution is -2.46. The molecule has 33 heavy (non-hydrogen) atoms. The van der Waals surface area contributed by atoms with Crippen molar-refractivity contribution in [3.63, 3.8) is 0 Å². The summed E-state index contributed by atoms with van der Waals surface area (Å²) in [5, 5.41) is 28.3. The molecular weight excluding hydrogens is 424 g/mol. The summed E-state index contributed by atoms with van der Waals surface area (Å²) in [5.41, 5.74) is 3.44. The molecule has 0 radical (unpaired) electrons. The van der Waals surface area contributed by atoms with Crippen LogP contribution in [0.4, 0.5) is 17.3 Å². The van der Waals surface area contributed by atoms with Crippen LogP contribution in [0.5, 0.6) is 11.5 Å². The van der Waals surface area contributed by atoms with Crippen LogP contribution in [0.2, 0.25) is 0 Å². The first-order valence-corrected chi connectivity index (χ1v) is 10.6. The summed E-state index contributed by atoms with van der Waals surface area (Å²) in [7, 11) is 0. The maximum atomic E-state index is 12.9. The molecule has 2 amide bonds. The average Bonchev–Trinajstić information content (AvgIpc) is 2.96. The summed E-state index contributed by atoms with van der Waals surface area (Å²) in [6.45, 7) is 2.79. The third-order valence-electron chi connectivity index (χ3n) is 5.65. The third-order valence-corrected chi connectivity index (χ3v) is 5.65. The van der Waals surface area contributed by atoms with E-state index in [1.54, 1.807) is 35.4 Å². The molecule has 3 aromatic rings. The Morgan fingerprint density at radius 2 is 1.88 bits per heavy atom. The van der Waals surface area contributed by atoms with E-state index in [1.807, 2.05) is 0 Å². The van der Waals surface area contributed by atoms with E-state index in [0.29, 0.717) is 46.8 Å². The molecule has 0 spiro atoms. The molecule has 0 saturated carbocycles. The molecular formula is C23H22N6O4. The summed E-state index contributed by atoms with van der Waals surface area (Å²) >= 11 is 0. The Balaban J connectivity index is 1.49. The van der Waals surface area contributed by atoms with Crippen molar-refractivity contribution >= 4 is 29.1 Å².